The van der Waals surface area contributed by atoms with Gasteiger partial charge in [-0.25, -0.2) is 0 Å². The highest BCUT2D eigenvalue weighted by Gasteiger charge is 2.40. The van der Waals surface area contributed by atoms with Gasteiger partial charge in [-0.1, -0.05) is 91.0 Å². The van der Waals surface area contributed by atoms with Crippen LogP contribution >= 0.6 is 0 Å². The topological polar surface area (TPSA) is 31.4 Å². The number of hydrogen-bond donors (Lipinski definition) is 0. The number of aromatic nitrogens is 1. The lowest BCUT2D eigenvalue weighted by Crippen LogP contribution is -2.57. The lowest BCUT2D eigenvalue weighted by Gasteiger charge is -2.33. The summed E-state index contributed by atoms with van der Waals surface area (Å²) in [6.45, 7) is 0.0137. The maximum atomic E-state index is 6.64. The molecule has 3 heterocycles. The lowest BCUT2D eigenvalue weighted by atomic mass is 9.35. The van der Waals surface area contributed by atoms with Gasteiger partial charge in [0, 0.05) is 17.9 Å². The maximum Gasteiger partial charge on any atom is 0.260 e. The summed E-state index contributed by atoms with van der Waals surface area (Å²) in [5.41, 5.74) is 12.6. The van der Waals surface area contributed by atoms with E-state index in [0.29, 0.717) is 0 Å². The van der Waals surface area contributed by atoms with Crippen LogP contribution in [0.5, 0.6) is 23.0 Å². The van der Waals surface area contributed by atoms with E-state index < -0.39 is 0 Å². The minimum Gasteiger partial charge on any atom is -0.458 e. The van der Waals surface area contributed by atoms with Crippen LogP contribution in [0.15, 0.2) is 158 Å². The molecule has 0 aliphatic carbocycles. The zero-order valence-corrected chi connectivity index (χ0v) is 24.4. The summed E-state index contributed by atoms with van der Waals surface area (Å²) in [4.78, 5) is 4.18. The van der Waals surface area contributed by atoms with E-state index in [-0.39, 0.29) is 6.71 Å². The monoisotopic (exact) mass is 575 g/mol. The third-order valence-corrected chi connectivity index (χ3v) is 8.90. The van der Waals surface area contributed by atoms with Crippen molar-refractivity contribution in [2.45, 2.75) is 0 Å². The summed E-state index contributed by atoms with van der Waals surface area (Å²) in [5, 5.41) is 0. The molecule has 4 heteroatoms. The number of ether oxygens (including phenoxy) is 2. The number of hydrogen-bond acceptors (Lipinski definition) is 3. The standard InChI is InChI=1S/C41H26BNO2/c1-3-8-27(9-4-1)32-22-33(28-10-5-2-6-11-28)24-34(23-32)31-15-17-36-40(26-31)45-38-13-7-12-37-41(38)42(36)35-16-14-30(25-39(35)44-37)29-18-20-43-21-19-29/h1-26H. The Morgan fingerprint density at radius 2 is 0.822 bits per heavy atom. The van der Waals surface area contributed by atoms with Gasteiger partial charge < -0.3 is 9.47 Å². The third-order valence-electron chi connectivity index (χ3n) is 8.90. The predicted octanol–water partition coefficient (Wildman–Crippen LogP) is 8.48. The highest BCUT2D eigenvalue weighted by molar-refractivity contribution is 6.98. The quantitative estimate of drug-likeness (QED) is 0.197. The van der Waals surface area contributed by atoms with E-state index in [1.807, 2.05) is 42.7 Å². The Morgan fingerprint density at radius 1 is 0.356 bits per heavy atom. The highest BCUT2D eigenvalue weighted by Crippen LogP contribution is 2.38. The van der Waals surface area contributed by atoms with Crippen LogP contribution in [0, 0.1) is 0 Å². The van der Waals surface area contributed by atoms with Crippen molar-refractivity contribution < 1.29 is 9.47 Å². The molecular weight excluding hydrogens is 549 g/mol. The zero-order valence-electron chi connectivity index (χ0n) is 24.4. The second-order valence-electron chi connectivity index (χ2n) is 11.6. The van der Waals surface area contributed by atoms with Gasteiger partial charge in [-0.3, -0.25) is 4.98 Å². The summed E-state index contributed by atoms with van der Waals surface area (Å²) in [7, 11) is 0. The number of pyridine rings is 1. The molecule has 45 heavy (non-hydrogen) atoms. The number of fused-ring (bicyclic) bond motifs is 4. The van der Waals surface area contributed by atoms with Crippen LogP contribution in [0.3, 0.4) is 0 Å². The van der Waals surface area contributed by atoms with Gasteiger partial charge in [0.2, 0.25) is 0 Å². The average molecular weight is 575 g/mol. The first-order valence-electron chi connectivity index (χ1n) is 15.2. The third kappa shape index (κ3) is 4.42. The van der Waals surface area contributed by atoms with Gasteiger partial charge in [0.25, 0.3) is 6.71 Å². The molecule has 0 amide bonds. The SMILES string of the molecule is c1ccc(-c2cc(-c3ccccc3)cc(-c3ccc4c(c3)Oc3cccc5c3B4c3ccc(-c4ccncc4)cc3O5)c2)cc1. The number of nitrogens with zero attached hydrogens (tertiary/aromatic N) is 1. The van der Waals surface area contributed by atoms with Gasteiger partial charge in [-0.2, -0.15) is 0 Å². The summed E-state index contributed by atoms with van der Waals surface area (Å²) < 4.78 is 13.1. The molecular formula is C41H26BNO2. The Hall–Kier alpha value is -5.87. The van der Waals surface area contributed by atoms with Crippen LogP contribution in [0.4, 0.5) is 0 Å². The fourth-order valence-corrected chi connectivity index (χ4v) is 6.72. The second-order valence-corrected chi connectivity index (χ2v) is 11.6. The minimum absolute atomic E-state index is 0.0137. The molecule has 2 aliphatic heterocycles. The Balaban J connectivity index is 1.18. The molecule has 0 spiro atoms. The van der Waals surface area contributed by atoms with E-state index in [9.17, 15) is 0 Å². The zero-order chi connectivity index (χ0) is 29.7. The van der Waals surface area contributed by atoms with E-state index in [1.54, 1.807) is 0 Å². The summed E-state index contributed by atoms with van der Waals surface area (Å²) in [6.07, 6.45) is 3.64. The van der Waals surface area contributed by atoms with Gasteiger partial charge in [0.1, 0.15) is 23.0 Å². The molecule has 0 saturated heterocycles. The number of rotatable bonds is 4. The normalized spacial score (nSPS) is 12.3. The lowest BCUT2D eigenvalue weighted by molar-refractivity contribution is 0.464. The van der Waals surface area contributed by atoms with Crippen molar-refractivity contribution >= 4 is 23.1 Å². The molecule has 6 aromatic carbocycles. The van der Waals surface area contributed by atoms with Gasteiger partial charge in [-0.05, 0) is 110 Å². The van der Waals surface area contributed by atoms with Crippen molar-refractivity contribution in [3.8, 4) is 67.5 Å². The van der Waals surface area contributed by atoms with Crippen molar-refractivity contribution in [3.05, 3.63) is 158 Å². The maximum absolute atomic E-state index is 6.64. The molecule has 0 N–H and O–H groups in total. The molecule has 1 aromatic heterocycles. The average Bonchev–Trinajstić information content (AvgIpc) is 3.12. The summed E-state index contributed by atoms with van der Waals surface area (Å²) in [5.74, 6) is 3.43. The molecule has 9 rings (SSSR count). The van der Waals surface area contributed by atoms with Crippen molar-refractivity contribution in [1.82, 2.24) is 4.98 Å². The van der Waals surface area contributed by atoms with Gasteiger partial charge in [0.05, 0.1) is 0 Å². The van der Waals surface area contributed by atoms with Crippen LogP contribution in [0.25, 0.3) is 44.5 Å². The Labute approximate surface area is 262 Å². The van der Waals surface area contributed by atoms with Crippen molar-refractivity contribution in [3.63, 3.8) is 0 Å². The molecule has 0 atom stereocenters. The number of benzene rings is 6. The molecule has 0 unspecified atom stereocenters. The molecule has 210 valence electrons. The predicted molar refractivity (Wildman–Crippen MR) is 184 cm³/mol. The van der Waals surface area contributed by atoms with Crippen molar-refractivity contribution in [1.29, 1.82) is 0 Å². The highest BCUT2D eigenvalue weighted by atomic mass is 16.5. The first kappa shape index (κ1) is 25.6. The van der Waals surface area contributed by atoms with Crippen LogP contribution in [-0.4, -0.2) is 11.7 Å². The van der Waals surface area contributed by atoms with Gasteiger partial charge in [-0.15, -0.1) is 0 Å². The van der Waals surface area contributed by atoms with Crippen LogP contribution in [-0.2, 0) is 0 Å². The van der Waals surface area contributed by atoms with E-state index in [1.165, 1.54) is 22.3 Å². The summed E-state index contributed by atoms with van der Waals surface area (Å²) in [6, 6.07) is 51.3. The molecule has 7 aromatic rings. The van der Waals surface area contributed by atoms with Crippen molar-refractivity contribution in [2.24, 2.45) is 0 Å². The van der Waals surface area contributed by atoms with Crippen LogP contribution in [0.2, 0.25) is 0 Å². The molecule has 2 aliphatic rings. The Morgan fingerprint density at radius 3 is 1.36 bits per heavy atom. The first-order chi connectivity index (χ1) is 22.3. The van der Waals surface area contributed by atoms with E-state index in [4.69, 9.17) is 9.47 Å². The van der Waals surface area contributed by atoms with Gasteiger partial charge in [0.15, 0.2) is 0 Å². The molecule has 0 saturated carbocycles. The summed E-state index contributed by atoms with van der Waals surface area (Å²) >= 11 is 0. The largest absolute Gasteiger partial charge is 0.458 e. The fraction of sp³-hybridized carbons (Fsp3) is 0. The Bertz CT molecular complexity index is 2160. The fourth-order valence-electron chi connectivity index (χ4n) is 6.72. The Kier molecular flexibility index (Phi) is 5.92. The van der Waals surface area contributed by atoms with E-state index >= 15 is 0 Å². The molecule has 0 fully saturated rings. The molecule has 3 nitrogen and oxygen atoms in total. The second kappa shape index (κ2) is 10.4. The molecule has 0 radical (unpaired) electrons. The van der Waals surface area contributed by atoms with Crippen LogP contribution < -0.4 is 25.9 Å². The molecule has 0 bridgehead atoms. The van der Waals surface area contributed by atoms with Crippen LogP contribution in [0.1, 0.15) is 0 Å². The van der Waals surface area contributed by atoms with Gasteiger partial charge >= 0.3 is 0 Å². The smallest absolute Gasteiger partial charge is 0.260 e. The van der Waals surface area contributed by atoms with E-state index in [2.05, 4.69) is 120 Å². The van der Waals surface area contributed by atoms with Crippen molar-refractivity contribution in [2.75, 3.05) is 0 Å². The minimum atomic E-state index is 0.0137. The van der Waals surface area contributed by atoms with E-state index in [0.717, 1.165) is 61.6 Å². The first-order valence-corrected chi connectivity index (χ1v) is 15.2.